The maximum atomic E-state index is 10.8. The molecule has 78 valence electrons. The quantitative estimate of drug-likeness (QED) is 0.787. The number of anilines is 1. The van der Waals surface area contributed by atoms with Crippen molar-refractivity contribution >= 4 is 11.8 Å². The molecule has 0 aliphatic rings. The summed E-state index contributed by atoms with van der Waals surface area (Å²) in [6, 6.07) is 0. The van der Waals surface area contributed by atoms with Gasteiger partial charge in [0, 0.05) is 26.0 Å². The molecule has 0 bridgehead atoms. The van der Waals surface area contributed by atoms with Gasteiger partial charge in [0.2, 0.25) is 11.8 Å². The molecule has 0 atom stereocenters. The first-order valence-corrected chi connectivity index (χ1v) is 4.36. The summed E-state index contributed by atoms with van der Waals surface area (Å²) in [6.07, 6.45) is 0.682. The predicted molar refractivity (Wildman–Crippen MR) is 51.1 cm³/mol. The lowest BCUT2D eigenvalue weighted by Crippen LogP contribution is -2.08. The minimum Gasteiger partial charge on any atom is -0.384 e. The predicted octanol–water partition coefficient (Wildman–Crippen LogP) is 1.13. The van der Waals surface area contributed by atoms with Gasteiger partial charge in [0.15, 0.2) is 0 Å². The molecule has 1 aromatic rings. The fraction of sp³-hybridized carbons (Fsp3) is 0.556. The average molecular weight is 198 g/mol. The molecule has 0 saturated heterocycles. The van der Waals surface area contributed by atoms with Gasteiger partial charge in [-0.25, -0.2) is 0 Å². The van der Waals surface area contributed by atoms with Gasteiger partial charge in [-0.15, -0.1) is 0 Å². The summed E-state index contributed by atoms with van der Waals surface area (Å²) in [5.74, 6) is 0.256. The van der Waals surface area contributed by atoms with Gasteiger partial charge in [-0.05, 0) is 6.92 Å². The monoisotopic (exact) mass is 198 g/mol. The summed E-state index contributed by atoms with van der Waals surface area (Å²) in [6.45, 7) is 3.84. The number of hydrogen-bond donors (Lipinski definition) is 1. The number of nitrogens with one attached hydrogen (secondary N) is 1. The maximum Gasteiger partial charge on any atom is 0.234 e. The molecule has 1 heterocycles. The Morgan fingerprint density at radius 1 is 1.64 bits per heavy atom. The van der Waals surface area contributed by atoms with Crippen molar-refractivity contribution < 1.29 is 14.1 Å². The third-order valence-electron chi connectivity index (χ3n) is 1.83. The topological polar surface area (TPSA) is 64.4 Å². The highest BCUT2D eigenvalue weighted by Gasteiger charge is 2.13. The summed E-state index contributed by atoms with van der Waals surface area (Å²) in [5, 5.41) is 6.36. The highest BCUT2D eigenvalue weighted by atomic mass is 16.5. The first kappa shape index (κ1) is 10.7. The minimum absolute atomic E-state index is 0.167. The molecule has 0 aliphatic heterocycles. The van der Waals surface area contributed by atoms with Crippen molar-refractivity contribution in [1.29, 1.82) is 0 Å². The largest absolute Gasteiger partial charge is 0.384 e. The molecule has 0 aromatic carbocycles. The first-order chi connectivity index (χ1) is 6.65. The fourth-order valence-electron chi connectivity index (χ4n) is 1.15. The number of carbonyl (C=O) groups excluding carboxylic acids is 1. The molecule has 14 heavy (non-hydrogen) atoms. The number of hydrogen-bond acceptors (Lipinski definition) is 4. The van der Waals surface area contributed by atoms with E-state index in [0.717, 1.165) is 11.3 Å². The average Bonchev–Trinajstić information content (AvgIpc) is 2.44. The van der Waals surface area contributed by atoms with Crippen molar-refractivity contribution in [2.24, 2.45) is 0 Å². The van der Waals surface area contributed by atoms with E-state index in [4.69, 9.17) is 9.26 Å². The molecular weight excluding hydrogens is 184 g/mol. The summed E-state index contributed by atoms with van der Waals surface area (Å²) < 4.78 is 9.91. The summed E-state index contributed by atoms with van der Waals surface area (Å²) in [7, 11) is 1.63. The van der Waals surface area contributed by atoms with E-state index in [-0.39, 0.29) is 5.91 Å². The molecule has 0 saturated carbocycles. The van der Waals surface area contributed by atoms with E-state index in [1.165, 1.54) is 6.92 Å². The van der Waals surface area contributed by atoms with Crippen LogP contribution in [-0.4, -0.2) is 24.8 Å². The zero-order valence-corrected chi connectivity index (χ0v) is 8.59. The van der Waals surface area contributed by atoms with Gasteiger partial charge < -0.3 is 9.26 Å². The van der Waals surface area contributed by atoms with Gasteiger partial charge in [-0.1, -0.05) is 5.16 Å². The number of aryl methyl sites for hydroxylation is 1. The van der Waals surface area contributed by atoms with Crippen LogP contribution in [0.2, 0.25) is 0 Å². The molecule has 1 amide bonds. The Morgan fingerprint density at radius 3 is 2.93 bits per heavy atom. The van der Waals surface area contributed by atoms with Crippen molar-refractivity contribution in [2.45, 2.75) is 20.3 Å². The molecule has 0 radical (unpaired) electrons. The summed E-state index contributed by atoms with van der Waals surface area (Å²) in [5.41, 5.74) is 1.67. The van der Waals surface area contributed by atoms with Crippen LogP contribution in [0.3, 0.4) is 0 Å². The highest BCUT2D eigenvalue weighted by molar-refractivity contribution is 5.87. The summed E-state index contributed by atoms with van der Waals surface area (Å²) >= 11 is 0. The second kappa shape index (κ2) is 4.76. The summed E-state index contributed by atoms with van der Waals surface area (Å²) in [4.78, 5) is 10.8. The highest BCUT2D eigenvalue weighted by Crippen LogP contribution is 2.19. The molecule has 0 aliphatic carbocycles. The van der Waals surface area contributed by atoms with Gasteiger partial charge in [-0.3, -0.25) is 10.1 Å². The van der Waals surface area contributed by atoms with Gasteiger partial charge in [0.05, 0.1) is 12.3 Å². The van der Waals surface area contributed by atoms with Gasteiger partial charge in [0.25, 0.3) is 0 Å². The van der Waals surface area contributed by atoms with Crippen LogP contribution in [0.4, 0.5) is 5.88 Å². The Morgan fingerprint density at radius 2 is 2.36 bits per heavy atom. The van der Waals surface area contributed by atoms with E-state index in [0.29, 0.717) is 18.9 Å². The zero-order valence-electron chi connectivity index (χ0n) is 8.59. The Hall–Kier alpha value is -1.36. The van der Waals surface area contributed by atoms with Crippen LogP contribution in [0.5, 0.6) is 0 Å². The molecule has 0 fully saturated rings. The number of rotatable bonds is 4. The van der Waals surface area contributed by atoms with Crippen molar-refractivity contribution in [2.75, 3.05) is 19.0 Å². The van der Waals surface area contributed by atoms with E-state index >= 15 is 0 Å². The van der Waals surface area contributed by atoms with E-state index in [9.17, 15) is 4.79 Å². The number of aromatic nitrogens is 1. The fourth-order valence-corrected chi connectivity index (χ4v) is 1.15. The second-order valence-corrected chi connectivity index (χ2v) is 3.00. The smallest absolute Gasteiger partial charge is 0.234 e. The van der Waals surface area contributed by atoms with Gasteiger partial charge >= 0.3 is 0 Å². The van der Waals surface area contributed by atoms with Crippen molar-refractivity contribution in [1.82, 2.24) is 5.16 Å². The Bertz CT molecular complexity index is 320. The van der Waals surface area contributed by atoms with Crippen LogP contribution in [0.15, 0.2) is 4.52 Å². The molecule has 1 N–H and O–H groups in total. The maximum absolute atomic E-state index is 10.8. The second-order valence-electron chi connectivity index (χ2n) is 3.00. The van der Waals surface area contributed by atoms with Crippen LogP contribution in [0.1, 0.15) is 18.2 Å². The molecule has 1 rings (SSSR count). The number of amides is 1. The van der Waals surface area contributed by atoms with Crippen molar-refractivity contribution in [3.05, 3.63) is 11.3 Å². The van der Waals surface area contributed by atoms with Crippen LogP contribution in [0.25, 0.3) is 0 Å². The SMILES string of the molecule is COCCc1c(C)noc1NC(C)=O. The van der Waals surface area contributed by atoms with E-state index in [2.05, 4.69) is 10.5 Å². The van der Waals surface area contributed by atoms with Crippen molar-refractivity contribution in [3.8, 4) is 0 Å². The minimum atomic E-state index is -0.167. The lowest BCUT2D eigenvalue weighted by molar-refractivity contribution is -0.114. The number of ether oxygens (including phenoxy) is 1. The standard InChI is InChI=1S/C9H14N2O3/c1-6-8(4-5-13-3)9(14-11-6)10-7(2)12/h4-5H2,1-3H3,(H,10,12). The lowest BCUT2D eigenvalue weighted by atomic mass is 10.2. The Labute approximate surface area is 82.4 Å². The Kier molecular flexibility index (Phi) is 3.64. The van der Waals surface area contributed by atoms with E-state index < -0.39 is 0 Å². The van der Waals surface area contributed by atoms with Crippen LogP contribution < -0.4 is 5.32 Å². The Balaban J connectivity index is 2.77. The molecule has 1 aromatic heterocycles. The zero-order chi connectivity index (χ0) is 10.6. The number of nitrogens with zero attached hydrogens (tertiary/aromatic N) is 1. The van der Waals surface area contributed by atoms with Gasteiger partial charge in [-0.2, -0.15) is 0 Å². The molecule has 5 nitrogen and oxygen atoms in total. The van der Waals surface area contributed by atoms with E-state index in [1.807, 2.05) is 6.92 Å². The van der Waals surface area contributed by atoms with Crippen LogP contribution in [0, 0.1) is 6.92 Å². The lowest BCUT2D eigenvalue weighted by Gasteiger charge is -2.01. The number of carbonyl (C=O) groups is 1. The normalized spacial score (nSPS) is 10.2. The molecular formula is C9H14N2O3. The van der Waals surface area contributed by atoms with Crippen LogP contribution in [-0.2, 0) is 16.0 Å². The molecule has 0 spiro atoms. The van der Waals surface area contributed by atoms with Crippen LogP contribution >= 0.6 is 0 Å². The first-order valence-electron chi connectivity index (χ1n) is 4.36. The third kappa shape index (κ3) is 2.56. The molecule has 0 unspecified atom stereocenters. The van der Waals surface area contributed by atoms with Gasteiger partial charge in [0.1, 0.15) is 0 Å². The molecule has 5 heteroatoms. The third-order valence-corrected chi connectivity index (χ3v) is 1.83. The number of methoxy groups -OCH3 is 1. The van der Waals surface area contributed by atoms with Crippen molar-refractivity contribution in [3.63, 3.8) is 0 Å². The van der Waals surface area contributed by atoms with E-state index in [1.54, 1.807) is 7.11 Å².